The van der Waals surface area contributed by atoms with Gasteiger partial charge < -0.3 is 9.64 Å². The van der Waals surface area contributed by atoms with Crippen molar-refractivity contribution in [3.8, 4) is 17.0 Å². The van der Waals surface area contributed by atoms with Crippen molar-refractivity contribution in [2.75, 3.05) is 37.7 Å². The number of sulfonamides is 1. The number of aryl methyl sites for hydroxylation is 3. The molecule has 4 rings (SSSR count). The first-order chi connectivity index (χ1) is 16.2. The normalized spacial score (nSPS) is 14.9. The maximum absolute atomic E-state index is 13.3. The van der Waals surface area contributed by atoms with Gasteiger partial charge in [-0.2, -0.15) is 4.31 Å². The number of ether oxygens (including phenoxy) is 1. The van der Waals surface area contributed by atoms with Crippen molar-refractivity contribution < 1.29 is 13.2 Å². The van der Waals surface area contributed by atoms with Crippen LogP contribution in [-0.2, 0) is 10.0 Å². The molecule has 1 aromatic heterocycles. The summed E-state index contributed by atoms with van der Waals surface area (Å²) in [5, 5.41) is 8.92. The Hall–Kier alpha value is -2.49. The second kappa shape index (κ2) is 10.0. The van der Waals surface area contributed by atoms with Crippen LogP contribution >= 0.6 is 15.9 Å². The van der Waals surface area contributed by atoms with Gasteiger partial charge in [0.25, 0.3) is 0 Å². The fourth-order valence-corrected chi connectivity index (χ4v) is 6.22. The summed E-state index contributed by atoms with van der Waals surface area (Å²) in [7, 11) is -3.68. The number of hydrogen-bond acceptors (Lipinski definition) is 6. The molecule has 1 aliphatic rings. The number of anilines is 1. The van der Waals surface area contributed by atoms with Crippen molar-refractivity contribution >= 4 is 31.8 Å². The quantitative estimate of drug-likeness (QED) is 0.446. The second-order valence-corrected chi connectivity index (χ2v) is 11.3. The largest absolute Gasteiger partial charge is 0.492 e. The van der Waals surface area contributed by atoms with E-state index in [2.05, 4.69) is 63.9 Å². The predicted octanol–water partition coefficient (Wildman–Crippen LogP) is 4.74. The van der Waals surface area contributed by atoms with Crippen molar-refractivity contribution in [1.29, 1.82) is 0 Å². The molecule has 1 fully saturated rings. The fourth-order valence-electron chi connectivity index (χ4n) is 4.13. The summed E-state index contributed by atoms with van der Waals surface area (Å²) in [5.41, 5.74) is 5.57. The molecule has 34 heavy (non-hydrogen) atoms. The Morgan fingerprint density at radius 2 is 1.62 bits per heavy atom. The molecule has 1 aliphatic heterocycles. The molecule has 9 heteroatoms. The lowest BCUT2D eigenvalue weighted by Gasteiger charge is -2.34. The van der Waals surface area contributed by atoms with Crippen molar-refractivity contribution in [2.45, 2.75) is 32.6 Å². The van der Waals surface area contributed by atoms with E-state index < -0.39 is 10.0 Å². The van der Waals surface area contributed by atoms with Gasteiger partial charge in [0.15, 0.2) is 5.82 Å². The van der Waals surface area contributed by atoms with E-state index in [0.717, 1.165) is 17.1 Å². The summed E-state index contributed by atoms with van der Waals surface area (Å²) >= 11 is 3.38. The third-order valence-electron chi connectivity index (χ3n) is 6.15. The highest BCUT2D eigenvalue weighted by Crippen LogP contribution is 2.31. The van der Waals surface area contributed by atoms with Crippen LogP contribution in [0.5, 0.6) is 5.75 Å². The first-order valence-electron chi connectivity index (χ1n) is 11.3. The number of piperazine rings is 1. The van der Waals surface area contributed by atoms with Crippen LogP contribution in [0, 0.1) is 20.8 Å². The molecule has 0 spiro atoms. The smallest absolute Gasteiger partial charge is 0.246 e. The first kappa shape index (κ1) is 24.6. The van der Waals surface area contributed by atoms with E-state index in [9.17, 15) is 8.42 Å². The van der Waals surface area contributed by atoms with E-state index in [1.165, 1.54) is 21.0 Å². The minimum absolute atomic E-state index is 0.185. The van der Waals surface area contributed by atoms with Gasteiger partial charge in [0.2, 0.25) is 10.0 Å². The molecule has 0 aliphatic carbocycles. The third-order valence-corrected chi connectivity index (χ3v) is 8.57. The van der Waals surface area contributed by atoms with Crippen molar-refractivity contribution in [3.05, 3.63) is 63.6 Å². The minimum Gasteiger partial charge on any atom is -0.492 e. The summed E-state index contributed by atoms with van der Waals surface area (Å²) in [6, 6.07) is 13.3. The minimum atomic E-state index is -3.68. The summed E-state index contributed by atoms with van der Waals surface area (Å²) in [6.45, 7) is 10.3. The van der Waals surface area contributed by atoms with Crippen LogP contribution < -0.4 is 9.64 Å². The molecule has 2 aromatic carbocycles. The number of halogens is 1. The Bertz CT molecular complexity index is 1290. The molecule has 0 amide bonds. The topological polar surface area (TPSA) is 75.6 Å². The monoisotopic (exact) mass is 544 g/mol. The molecule has 0 atom stereocenters. The van der Waals surface area contributed by atoms with Crippen molar-refractivity contribution in [1.82, 2.24) is 14.5 Å². The highest BCUT2D eigenvalue weighted by molar-refractivity contribution is 9.10. The van der Waals surface area contributed by atoms with Crippen LogP contribution in [0.2, 0.25) is 0 Å². The van der Waals surface area contributed by atoms with E-state index in [4.69, 9.17) is 4.74 Å². The third kappa shape index (κ3) is 4.96. The van der Waals surface area contributed by atoms with E-state index in [-0.39, 0.29) is 4.90 Å². The molecule has 3 aromatic rings. The van der Waals surface area contributed by atoms with Crippen LogP contribution in [0.15, 0.2) is 51.8 Å². The number of nitrogens with zero attached hydrogens (tertiary/aromatic N) is 4. The maximum atomic E-state index is 13.3. The Morgan fingerprint density at radius 3 is 2.26 bits per heavy atom. The van der Waals surface area contributed by atoms with E-state index in [1.807, 2.05) is 19.1 Å². The standard InChI is InChI=1S/C25H29BrN4O3S/c1-5-33-23-8-6-20(26)16-24(23)34(31,32)30-12-10-29(11-13-30)25-9-7-22(27-28-25)21-15-18(3)17(2)14-19(21)4/h6-9,14-16H,5,10-13H2,1-4H3. The number of rotatable bonds is 6. The van der Waals surface area contributed by atoms with Gasteiger partial charge in [-0.15, -0.1) is 10.2 Å². The van der Waals surface area contributed by atoms with Gasteiger partial charge in [-0.3, -0.25) is 0 Å². The van der Waals surface area contributed by atoms with Crippen LogP contribution in [0.25, 0.3) is 11.3 Å². The Kier molecular flexibility index (Phi) is 7.25. The highest BCUT2D eigenvalue weighted by atomic mass is 79.9. The summed E-state index contributed by atoms with van der Waals surface area (Å²) < 4.78 is 34.5. The summed E-state index contributed by atoms with van der Waals surface area (Å²) in [6.07, 6.45) is 0. The van der Waals surface area contributed by atoms with E-state index in [1.54, 1.807) is 18.2 Å². The van der Waals surface area contributed by atoms with Crippen molar-refractivity contribution in [3.63, 3.8) is 0 Å². The first-order valence-corrected chi connectivity index (χ1v) is 13.5. The number of aromatic nitrogens is 2. The average Bonchev–Trinajstić information content (AvgIpc) is 2.83. The second-order valence-electron chi connectivity index (χ2n) is 8.44. The Morgan fingerprint density at radius 1 is 0.912 bits per heavy atom. The molecule has 0 unspecified atom stereocenters. The van der Waals surface area contributed by atoms with Gasteiger partial charge in [-0.05, 0) is 80.8 Å². The Labute approximate surface area is 209 Å². The SMILES string of the molecule is CCOc1ccc(Br)cc1S(=O)(=O)N1CCN(c2ccc(-c3cc(C)c(C)cc3C)nn2)CC1. The molecule has 2 heterocycles. The van der Waals surface area contributed by atoms with Gasteiger partial charge in [-0.25, -0.2) is 8.42 Å². The average molecular weight is 546 g/mol. The summed E-state index contributed by atoms with van der Waals surface area (Å²) in [5.74, 6) is 1.12. The molecular formula is C25H29BrN4O3S. The van der Waals surface area contributed by atoms with Gasteiger partial charge >= 0.3 is 0 Å². The van der Waals surface area contributed by atoms with E-state index in [0.29, 0.717) is 43.0 Å². The molecule has 180 valence electrons. The van der Waals surface area contributed by atoms with Crippen LogP contribution in [0.4, 0.5) is 5.82 Å². The number of benzene rings is 2. The van der Waals surface area contributed by atoms with Crippen LogP contribution in [0.3, 0.4) is 0 Å². The lowest BCUT2D eigenvalue weighted by molar-refractivity contribution is 0.327. The zero-order chi connectivity index (χ0) is 24.5. The molecule has 0 saturated carbocycles. The predicted molar refractivity (Wildman–Crippen MR) is 138 cm³/mol. The molecule has 7 nitrogen and oxygen atoms in total. The molecular weight excluding hydrogens is 516 g/mol. The van der Waals surface area contributed by atoms with Gasteiger partial charge in [0.05, 0.1) is 12.3 Å². The zero-order valence-electron chi connectivity index (χ0n) is 19.9. The van der Waals surface area contributed by atoms with Gasteiger partial charge in [-0.1, -0.05) is 22.0 Å². The zero-order valence-corrected chi connectivity index (χ0v) is 22.3. The van der Waals surface area contributed by atoms with Gasteiger partial charge in [0.1, 0.15) is 10.6 Å². The Balaban J connectivity index is 1.48. The molecule has 1 saturated heterocycles. The van der Waals surface area contributed by atoms with Gasteiger partial charge in [0, 0.05) is 36.2 Å². The molecule has 0 radical (unpaired) electrons. The fraction of sp³-hybridized carbons (Fsp3) is 0.360. The lowest BCUT2D eigenvalue weighted by Crippen LogP contribution is -2.49. The van der Waals surface area contributed by atoms with E-state index >= 15 is 0 Å². The van der Waals surface area contributed by atoms with Crippen LogP contribution in [-0.4, -0.2) is 55.7 Å². The highest BCUT2D eigenvalue weighted by Gasteiger charge is 2.31. The van der Waals surface area contributed by atoms with Crippen molar-refractivity contribution in [2.24, 2.45) is 0 Å². The molecule has 0 bridgehead atoms. The maximum Gasteiger partial charge on any atom is 0.246 e. The molecule has 0 N–H and O–H groups in total. The summed E-state index contributed by atoms with van der Waals surface area (Å²) in [4.78, 5) is 2.26. The van der Waals surface area contributed by atoms with Crippen LogP contribution in [0.1, 0.15) is 23.6 Å². The lowest BCUT2D eigenvalue weighted by atomic mass is 9.99. The number of hydrogen-bond donors (Lipinski definition) is 0.